The molecule has 21 heavy (non-hydrogen) atoms. The van der Waals surface area contributed by atoms with Gasteiger partial charge in [-0.3, -0.25) is 4.90 Å². The molecule has 1 saturated heterocycles. The summed E-state index contributed by atoms with van der Waals surface area (Å²) in [6.07, 6.45) is 3.98. The Balaban J connectivity index is 2.62. The van der Waals surface area contributed by atoms with Crippen LogP contribution >= 0.6 is 0 Å². The van der Waals surface area contributed by atoms with Crippen LogP contribution in [0.2, 0.25) is 0 Å². The maximum atomic E-state index is 6.22. The number of rotatable bonds is 9. The minimum Gasteiger partial charge on any atom is -0.375 e. The van der Waals surface area contributed by atoms with E-state index in [1.165, 1.54) is 13.0 Å². The van der Waals surface area contributed by atoms with Crippen molar-refractivity contribution in [2.24, 2.45) is 5.73 Å². The number of ether oxygens (including phenoxy) is 1. The molecule has 0 radical (unpaired) electrons. The SMILES string of the molecule is CCN(CC)CCCN(CC)C1(CN)CC(C)OC(C)C1. The molecule has 4 nitrogen and oxygen atoms in total. The lowest BCUT2D eigenvalue weighted by Crippen LogP contribution is -2.60. The lowest BCUT2D eigenvalue weighted by molar-refractivity contribution is -0.102. The van der Waals surface area contributed by atoms with Gasteiger partial charge in [-0.15, -0.1) is 0 Å². The molecule has 0 bridgehead atoms. The number of likely N-dealkylation sites (N-methyl/N-ethyl adjacent to an activating group) is 1. The van der Waals surface area contributed by atoms with Gasteiger partial charge in [0.1, 0.15) is 0 Å². The fourth-order valence-electron chi connectivity index (χ4n) is 3.96. The molecule has 1 aliphatic heterocycles. The van der Waals surface area contributed by atoms with Crippen LogP contribution in [0.1, 0.15) is 53.9 Å². The van der Waals surface area contributed by atoms with E-state index < -0.39 is 0 Å². The average molecular weight is 300 g/mol. The van der Waals surface area contributed by atoms with E-state index in [0.29, 0.717) is 12.2 Å². The van der Waals surface area contributed by atoms with Gasteiger partial charge < -0.3 is 15.4 Å². The van der Waals surface area contributed by atoms with Gasteiger partial charge in [-0.1, -0.05) is 20.8 Å². The topological polar surface area (TPSA) is 41.7 Å². The number of nitrogens with zero attached hydrogens (tertiary/aromatic N) is 2. The van der Waals surface area contributed by atoms with Crippen molar-refractivity contribution in [3.05, 3.63) is 0 Å². The molecule has 2 N–H and O–H groups in total. The maximum Gasteiger partial charge on any atom is 0.0568 e. The zero-order valence-corrected chi connectivity index (χ0v) is 14.9. The van der Waals surface area contributed by atoms with Gasteiger partial charge in [0.15, 0.2) is 0 Å². The molecular formula is C17H37N3O. The smallest absolute Gasteiger partial charge is 0.0568 e. The largest absolute Gasteiger partial charge is 0.375 e. The predicted octanol–water partition coefficient (Wildman–Crippen LogP) is 2.33. The van der Waals surface area contributed by atoms with Gasteiger partial charge in [0.2, 0.25) is 0 Å². The van der Waals surface area contributed by atoms with Crippen LogP contribution in [0.4, 0.5) is 0 Å². The molecule has 0 aromatic rings. The lowest BCUT2D eigenvalue weighted by Gasteiger charge is -2.49. The molecule has 126 valence electrons. The second-order valence-electron chi connectivity index (χ2n) is 6.55. The third kappa shape index (κ3) is 5.20. The van der Waals surface area contributed by atoms with Gasteiger partial charge in [0, 0.05) is 12.1 Å². The Morgan fingerprint density at radius 3 is 2.00 bits per heavy atom. The van der Waals surface area contributed by atoms with E-state index in [1.807, 2.05) is 0 Å². The summed E-state index contributed by atoms with van der Waals surface area (Å²) in [4.78, 5) is 5.12. The van der Waals surface area contributed by atoms with Crippen LogP contribution in [0, 0.1) is 0 Å². The van der Waals surface area contributed by atoms with Crippen LogP contribution < -0.4 is 5.73 Å². The Morgan fingerprint density at radius 2 is 1.57 bits per heavy atom. The van der Waals surface area contributed by atoms with Crippen LogP contribution in [-0.2, 0) is 4.74 Å². The minimum absolute atomic E-state index is 0.134. The van der Waals surface area contributed by atoms with Gasteiger partial charge in [0.05, 0.1) is 12.2 Å². The number of hydrogen-bond acceptors (Lipinski definition) is 4. The molecule has 1 heterocycles. The maximum absolute atomic E-state index is 6.22. The highest BCUT2D eigenvalue weighted by atomic mass is 16.5. The summed E-state index contributed by atoms with van der Waals surface area (Å²) >= 11 is 0. The first-order valence-corrected chi connectivity index (χ1v) is 8.84. The van der Waals surface area contributed by atoms with E-state index in [9.17, 15) is 0 Å². The monoisotopic (exact) mass is 299 g/mol. The third-order valence-corrected chi connectivity index (χ3v) is 5.03. The molecule has 2 unspecified atom stereocenters. The standard InChI is InChI=1S/C17H37N3O/c1-6-19(7-2)10-9-11-20(8-3)17(14-18)12-15(4)21-16(5)13-17/h15-16H,6-14,18H2,1-5H3. The highest BCUT2D eigenvalue weighted by Gasteiger charge is 2.41. The van der Waals surface area contributed by atoms with Gasteiger partial charge in [-0.05, 0) is 65.8 Å². The van der Waals surface area contributed by atoms with Crippen molar-refractivity contribution in [1.82, 2.24) is 9.80 Å². The van der Waals surface area contributed by atoms with E-state index in [2.05, 4.69) is 44.4 Å². The number of hydrogen-bond donors (Lipinski definition) is 1. The Kier molecular flexibility index (Phi) is 8.17. The van der Waals surface area contributed by atoms with E-state index in [0.717, 1.165) is 45.6 Å². The highest BCUT2D eigenvalue weighted by Crippen LogP contribution is 2.33. The van der Waals surface area contributed by atoms with Gasteiger partial charge in [-0.25, -0.2) is 0 Å². The van der Waals surface area contributed by atoms with Crippen LogP contribution in [-0.4, -0.2) is 66.8 Å². The quantitative estimate of drug-likeness (QED) is 0.709. The first-order chi connectivity index (χ1) is 10.0. The summed E-state index contributed by atoms with van der Waals surface area (Å²) in [5, 5.41) is 0. The Labute approximate surface area is 132 Å². The number of nitrogens with two attached hydrogens (primary N) is 1. The van der Waals surface area contributed by atoms with Crippen molar-refractivity contribution in [2.45, 2.75) is 71.6 Å². The second kappa shape index (κ2) is 9.09. The molecule has 1 rings (SSSR count). The van der Waals surface area contributed by atoms with Crippen molar-refractivity contribution in [3.8, 4) is 0 Å². The van der Waals surface area contributed by atoms with Crippen molar-refractivity contribution >= 4 is 0 Å². The molecule has 1 fully saturated rings. The zero-order valence-electron chi connectivity index (χ0n) is 14.9. The van der Waals surface area contributed by atoms with Crippen LogP contribution in [0.5, 0.6) is 0 Å². The fraction of sp³-hybridized carbons (Fsp3) is 1.00. The van der Waals surface area contributed by atoms with Crippen molar-refractivity contribution in [3.63, 3.8) is 0 Å². The first-order valence-electron chi connectivity index (χ1n) is 8.84. The van der Waals surface area contributed by atoms with E-state index >= 15 is 0 Å². The van der Waals surface area contributed by atoms with E-state index in [1.54, 1.807) is 0 Å². The average Bonchev–Trinajstić information content (AvgIpc) is 2.46. The van der Waals surface area contributed by atoms with Crippen LogP contribution in [0.15, 0.2) is 0 Å². The normalized spacial score (nSPS) is 30.3. The summed E-state index contributed by atoms with van der Waals surface area (Å²) < 4.78 is 5.92. The van der Waals surface area contributed by atoms with Gasteiger partial charge in [-0.2, -0.15) is 0 Å². The predicted molar refractivity (Wildman–Crippen MR) is 90.7 cm³/mol. The van der Waals surface area contributed by atoms with Crippen molar-refractivity contribution in [1.29, 1.82) is 0 Å². The van der Waals surface area contributed by atoms with Crippen LogP contribution in [0.3, 0.4) is 0 Å². The lowest BCUT2D eigenvalue weighted by atomic mass is 9.82. The molecule has 0 aromatic heterocycles. The van der Waals surface area contributed by atoms with Crippen molar-refractivity contribution in [2.75, 3.05) is 39.3 Å². The molecule has 2 atom stereocenters. The summed E-state index contributed by atoms with van der Waals surface area (Å²) in [6.45, 7) is 17.6. The summed E-state index contributed by atoms with van der Waals surface area (Å²) in [6, 6.07) is 0. The molecule has 0 saturated carbocycles. The fourth-order valence-corrected chi connectivity index (χ4v) is 3.96. The Bertz CT molecular complexity index is 271. The Hall–Kier alpha value is -0.160. The van der Waals surface area contributed by atoms with Crippen molar-refractivity contribution < 1.29 is 4.74 Å². The van der Waals surface area contributed by atoms with Crippen LogP contribution in [0.25, 0.3) is 0 Å². The molecule has 0 spiro atoms. The summed E-state index contributed by atoms with van der Waals surface area (Å²) in [7, 11) is 0. The van der Waals surface area contributed by atoms with Gasteiger partial charge in [0.25, 0.3) is 0 Å². The first kappa shape index (κ1) is 18.9. The molecule has 0 amide bonds. The molecule has 0 aliphatic carbocycles. The van der Waals surface area contributed by atoms with E-state index in [-0.39, 0.29) is 5.54 Å². The minimum atomic E-state index is 0.134. The molecule has 1 aliphatic rings. The Morgan fingerprint density at radius 1 is 1.00 bits per heavy atom. The zero-order chi connectivity index (χ0) is 15.9. The molecule has 0 aromatic carbocycles. The van der Waals surface area contributed by atoms with Gasteiger partial charge >= 0.3 is 0 Å². The van der Waals surface area contributed by atoms with E-state index in [4.69, 9.17) is 10.5 Å². The molecule has 4 heteroatoms. The third-order valence-electron chi connectivity index (χ3n) is 5.03. The second-order valence-corrected chi connectivity index (χ2v) is 6.55. The molecular weight excluding hydrogens is 262 g/mol. The summed E-state index contributed by atoms with van der Waals surface area (Å²) in [5.41, 5.74) is 6.35. The highest BCUT2D eigenvalue weighted by molar-refractivity contribution is 4.97. The summed E-state index contributed by atoms with van der Waals surface area (Å²) in [5.74, 6) is 0.